The van der Waals surface area contributed by atoms with Crippen LogP contribution in [0.4, 0.5) is 4.39 Å². The van der Waals surface area contributed by atoms with Crippen molar-refractivity contribution in [2.75, 3.05) is 19.7 Å². The van der Waals surface area contributed by atoms with E-state index in [1.807, 2.05) is 13.8 Å². The van der Waals surface area contributed by atoms with Crippen molar-refractivity contribution in [2.45, 2.75) is 26.3 Å². The number of rotatable bonds is 3. The highest BCUT2D eigenvalue weighted by Crippen LogP contribution is 2.28. The summed E-state index contributed by atoms with van der Waals surface area (Å²) in [5, 5.41) is 0. The molecule has 124 valence electrons. The monoisotopic (exact) mass is 394 g/mol. The lowest BCUT2D eigenvalue weighted by molar-refractivity contribution is -0.136. The van der Waals surface area contributed by atoms with E-state index in [0.717, 1.165) is 6.42 Å². The highest BCUT2D eigenvalue weighted by molar-refractivity contribution is 9.10. The van der Waals surface area contributed by atoms with Gasteiger partial charge in [0.1, 0.15) is 0 Å². The van der Waals surface area contributed by atoms with Crippen molar-refractivity contribution >= 4 is 34.2 Å². The molecule has 1 aromatic carbocycles. The van der Waals surface area contributed by atoms with Crippen molar-refractivity contribution in [3.8, 4) is 5.75 Å². The number of likely N-dealkylation sites (tertiary alicyclic amines) is 1. The Bertz CT molecular complexity index is 542. The zero-order valence-corrected chi connectivity index (χ0v) is 15.0. The molecule has 1 amide bonds. The quantitative estimate of drug-likeness (QED) is 0.856. The zero-order valence-electron chi connectivity index (χ0n) is 12.6. The van der Waals surface area contributed by atoms with Crippen molar-refractivity contribution in [3.05, 3.63) is 28.5 Å². The lowest BCUT2D eigenvalue weighted by Gasteiger charge is -2.42. The Hall–Kier alpha value is -0.850. The maximum atomic E-state index is 13.6. The van der Waals surface area contributed by atoms with Crippen LogP contribution in [0.25, 0.3) is 0 Å². The highest BCUT2D eigenvalue weighted by atomic mass is 79.9. The van der Waals surface area contributed by atoms with Crippen molar-refractivity contribution < 1.29 is 13.9 Å². The normalized spacial score (nSPS) is 20.2. The molecule has 1 aromatic rings. The van der Waals surface area contributed by atoms with Gasteiger partial charge in [-0.25, -0.2) is 4.39 Å². The molecule has 0 aliphatic carbocycles. The molecule has 0 bridgehead atoms. The fraction of sp³-hybridized carbons (Fsp3) is 0.533. The van der Waals surface area contributed by atoms with Gasteiger partial charge in [0.05, 0.1) is 0 Å². The molecule has 7 heteroatoms. The summed E-state index contributed by atoms with van der Waals surface area (Å²) >= 11 is 3.17. The van der Waals surface area contributed by atoms with Crippen LogP contribution in [0.15, 0.2) is 22.7 Å². The van der Waals surface area contributed by atoms with E-state index in [0.29, 0.717) is 17.6 Å². The number of halogens is 3. The first-order chi connectivity index (χ1) is 9.79. The molecular formula is C15H21BrClFN2O2. The van der Waals surface area contributed by atoms with Crippen LogP contribution in [-0.2, 0) is 4.79 Å². The van der Waals surface area contributed by atoms with Crippen molar-refractivity contribution in [1.82, 2.24) is 4.90 Å². The molecule has 1 fully saturated rings. The Morgan fingerprint density at radius 2 is 2.23 bits per heavy atom. The molecule has 1 aliphatic rings. The van der Waals surface area contributed by atoms with Crippen LogP contribution in [0.1, 0.15) is 20.3 Å². The van der Waals surface area contributed by atoms with E-state index < -0.39 is 5.82 Å². The lowest BCUT2D eigenvalue weighted by atomic mass is 9.80. The minimum absolute atomic E-state index is 0. The molecule has 0 saturated carbocycles. The van der Waals surface area contributed by atoms with E-state index in [-0.39, 0.29) is 42.1 Å². The number of hydrogen-bond donors (Lipinski definition) is 1. The SMILES string of the molecule is CC1(C)CN(C(=O)COc2ccc(Br)cc2F)CCC1N.Cl. The van der Waals surface area contributed by atoms with Crippen LogP contribution >= 0.6 is 28.3 Å². The molecule has 2 rings (SSSR count). The average Bonchev–Trinajstić information content (AvgIpc) is 2.40. The number of nitrogens with two attached hydrogens (primary N) is 1. The van der Waals surface area contributed by atoms with Gasteiger partial charge in [-0.2, -0.15) is 0 Å². The molecule has 4 nitrogen and oxygen atoms in total. The summed E-state index contributed by atoms with van der Waals surface area (Å²) < 4.78 is 19.5. The summed E-state index contributed by atoms with van der Waals surface area (Å²) in [4.78, 5) is 13.9. The molecule has 0 spiro atoms. The van der Waals surface area contributed by atoms with Gasteiger partial charge in [-0.15, -0.1) is 12.4 Å². The van der Waals surface area contributed by atoms with Crippen LogP contribution in [0.3, 0.4) is 0 Å². The summed E-state index contributed by atoms with van der Waals surface area (Å²) in [6, 6.07) is 4.57. The lowest BCUT2D eigenvalue weighted by Crippen LogP contribution is -2.54. The largest absolute Gasteiger partial charge is 0.481 e. The Morgan fingerprint density at radius 1 is 1.55 bits per heavy atom. The van der Waals surface area contributed by atoms with Crippen molar-refractivity contribution in [1.29, 1.82) is 0 Å². The van der Waals surface area contributed by atoms with Gasteiger partial charge in [0.15, 0.2) is 18.2 Å². The smallest absolute Gasteiger partial charge is 0.260 e. The molecule has 1 atom stereocenters. The predicted octanol–water partition coefficient (Wildman–Crippen LogP) is 2.97. The van der Waals surface area contributed by atoms with E-state index in [1.54, 1.807) is 11.0 Å². The fourth-order valence-electron chi connectivity index (χ4n) is 2.41. The summed E-state index contributed by atoms with van der Waals surface area (Å²) in [5.41, 5.74) is 5.94. The van der Waals surface area contributed by atoms with Gasteiger partial charge in [-0.3, -0.25) is 4.79 Å². The molecule has 1 saturated heterocycles. The standard InChI is InChI=1S/C15H20BrFN2O2.ClH/c1-15(2)9-19(6-5-13(15)18)14(20)8-21-12-4-3-10(16)7-11(12)17;/h3-4,7,13H,5-6,8-9,18H2,1-2H3;1H. The maximum Gasteiger partial charge on any atom is 0.260 e. The summed E-state index contributed by atoms with van der Waals surface area (Å²) in [6.45, 7) is 5.15. The first-order valence-electron chi connectivity index (χ1n) is 6.91. The second-order valence-corrected chi connectivity index (χ2v) is 6.98. The fourth-order valence-corrected chi connectivity index (χ4v) is 2.74. The van der Waals surface area contributed by atoms with E-state index in [2.05, 4.69) is 15.9 Å². The first kappa shape index (κ1) is 19.2. The Labute approximate surface area is 144 Å². The number of nitrogens with zero attached hydrogens (tertiary/aromatic N) is 1. The van der Waals surface area contributed by atoms with E-state index >= 15 is 0 Å². The molecule has 22 heavy (non-hydrogen) atoms. The van der Waals surface area contributed by atoms with Gasteiger partial charge >= 0.3 is 0 Å². The molecule has 1 heterocycles. The number of hydrogen-bond acceptors (Lipinski definition) is 3. The van der Waals surface area contributed by atoms with Gasteiger partial charge in [0, 0.05) is 23.6 Å². The van der Waals surface area contributed by atoms with Gasteiger partial charge < -0.3 is 15.4 Å². The third-order valence-electron chi connectivity index (χ3n) is 3.91. The van der Waals surface area contributed by atoms with Gasteiger partial charge in [-0.05, 0) is 30.0 Å². The Kier molecular flexibility index (Phi) is 6.65. The molecule has 1 aliphatic heterocycles. The number of benzene rings is 1. The van der Waals surface area contributed by atoms with Crippen LogP contribution in [0, 0.1) is 11.2 Å². The van der Waals surface area contributed by atoms with E-state index in [9.17, 15) is 9.18 Å². The number of carbonyl (C=O) groups is 1. The predicted molar refractivity (Wildman–Crippen MR) is 89.8 cm³/mol. The topological polar surface area (TPSA) is 55.6 Å². The van der Waals surface area contributed by atoms with E-state index in [4.69, 9.17) is 10.5 Å². The second kappa shape index (κ2) is 7.62. The number of piperidine rings is 1. The molecule has 2 N–H and O–H groups in total. The minimum Gasteiger partial charge on any atom is -0.481 e. The molecular weight excluding hydrogens is 375 g/mol. The molecule has 0 aromatic heterocycles. The van der Waals surface area contributed by atoms with Crippen LogP contribution in [0.5, 0.6) is 5.75 Å². The first-order valence-corrected chi connectivity index (χ1v) is 7.70. The Morgan fingerprint density at radius 3 is 2.82 bits per heavy atom. The number of carbonyl (C=O) groups excluding carboxylic acids is 1. The molecule has 1 unspecified atom stereocenters. The third-order valence-corrected chi connectivity index (χ3v) is 4.40. The minimum atomic E-state index is -0.488. The van der Waals surface area contributed by atoms with Crippen LogP contribution < -0.4 is 10.5 Å². The summed E-state index contributed by atoms with van der Waals surface area (Å²) in [6.07, 6.45) is 0.769. The van der Waals surface area contributed by atoms with Gasteiger partial charge in [-0.1, -0.05) is 29.8 Å². The van der Waals surface area contributed by atoms with Gasteiger partial charge in [0.25, 0.3) is 5.91 Å². The second-order valence-electron chi connectivity index (χ2n) is 6.06. The molecule has 0 radical (unpaired) electrons. The Balaban J connectivity index is 0.00000242. The maximum absolute atomic E-state index is 13.6. The number of ether oxygens (including phenoxy) is 1. The van der Waals surface area contributed by atoms with Crippen LogP contribution in [-0.4, -0.2) is 36.5 Å². The highest BCUT2D eigenvalue weighted by Gasteiger charge is 2.35. The average molecular weight is 396 g/mol. The zero-order chi connectivity index (χ0) is 15.6. The van der Waals surface area contributed by atoms with Crippen molar-refractivity contribution in [3.63, 3.8) is 0 Å². The van der Waals surface area contributed by atoms with E-state index in [1.165, 1.54) is 12.1 Å². The van der Waals surface area contributed by atoms with Gasteiger partial charge in [0.2, 0.25) is 0 Å². The third kappa shape index (κ3) is 4.57. The summed E-state index contributed by atoms with van der Waals surface area (Å²) in [5.74, 6) is -0.546. The number of amides is 1. The van der Waals surface area contributed by atoms with Crippen molar-refractivity contribution in [2.24, 2.45) is 11.1 Å². The van der Waals surface area contributed by atoms with Crippen LogP contribution in [0.2, 0.25) is 0 Å². The summed E-state index contributed by atoms with van der Waals surface area (Å²) in [7, 11) is 0.